The Hall–Kier alpha value is -2.64. The van der Waals surface area contributed by atoms with Crippen LogP contribution in [0, 0.1) is 11.6 Å². The molecule has 0 amide bonds. The molecule has 0 aliphatic carbocycles. The van der Waals surface area contributed by atoms with E-state index in [1.807, 2.05) is 19.1 Å². The van der Waals surface area contributed by atoms with Crippen LogP contribution in [0.15, 0.2) is 81.4 Å². The van der Waals surface area contributed by atoms with Gasteiger partial charge in [-0.25, -0.2) is 8.78 Å². The van der Waals surface area contributed by atoms with E-state index in [0.29, 0.717) is 27.9 Å². The first-order chi connectivity index (χ1) is 17.8. The molecule has 38 heavy (non-hydrogen) atoms. The fourth-order valence-electron chi connectivity index (χ4n) is 3.89. The number of ether oxygens (including phenoxy) is 3. The van der Waals surface area contributed by atoms with Crippen LogP contribution in [0.25, 0.3) is 0 Å². The normalized spacial score (nSPS) is 17.6. The fraction of sp³-hybridized carbons (Fsp3) is 0.308. The zero-order chi connectivity index (χ0) is 27.7. The summed E-state index contributed by atoms with van der Waals surface area (Å²) < 4.78 is 104. The summed E-state index contributed by atoms with van der Waals surface area (Å²) in [5, 5.41) is -4.53. The smallest absolute Gasteiger partial charge is 0.405 e. The molecule has 1 aliphatic rings. The predicted molar refractivity (Wildman–Crippen MR) is 132 cm³/mol. The fourth-order valence-corrected chi connectivity index (χ4v) is 6.45. The Bertz CT molecular complexity index is 1360. The summed E-state index contributed by atoms with van der Waals surface area (Å²) in [6.07, 6.45) is -1.40. The molecular formula is C26H25F4O6S2+. The van der Waals surface area contributed by atoms with Gasteiger partial charge in [-0.2, -0.15) is 17.2 Å². The first-order valence-corrected chi connectivity index (χ1v) is 14.2. The van der Waals surface area contributed by atoms with Gasteiger partial charge in [0.05, 0.1) is 24.1 Å². The number of benzene rings is 3. The van der Waals surface area contributed by atoms with Crippen LogP contribution in [0.4, 0.5) is 17.6 Å². The molecule has 4 rings (SSSR count). The highest BCUT2D eigenvalue weighted by Gasteiger charge is 2.51. The molecule has 6 nitrogen and oxygen atoms in total. The molecule has 2 atom stereocenters. The quantitative estimate of drug-likeness (QED) is 0.205. The van der Waals surface area contributed by atoms with E-state index in [0.717, 1.165) is 25.0 Å². The van der Waals surface area contributed by atoms with Crippen molar-refractivity contribution in [3.05, 3.63) is 83.9 Å². The summed E-state index contributed by atoms with van der Waals surface area (Å²) in [5.74, 6) is -2.52. The van der Waals surface area contributed by atoms with E-state index in [1.165, 1.54) is 36.4 Å². The number of hydrogen-bond acceptors (Lipinski definition) is 5. The van der Waals surface area contributed by atoms with Crippen LogP contribution in [-0.2, 0) is 36.3 Å². The molecule has 3 aromatic rings. The van der Waals surface area contributed by atoms with E-state index in [1.54, 1.807) is 12.1 Å². The Morgan fingerprint density at radius 2 is 1.42 bits per heavy atom. The monoisotopic (exact) mass is 573 g/mol. The highest BCUT2D eigenvalue weighted by molar-refractivity contribution is 7.97. The summed E-state index contributed by atoms with van der Waals surface area (Å²) >= 11 is 0. The maximum Gasteiger partial charge on any atom is 0.405 e. The molecule has 12 heteroatoms. The van der Waals surface area contributed by atoms with Gasteiger partial charge in [0.1, 0.15) is 17.4 Å². The van der Waals surface area contributed by atoms with Crippen LogP contribution in [0.5, 0.6) is 5.75 Å². The van der Waals surface area contributed by atoms with Gasteiger partial charge < -0.3 is 14.2 Å². The van der Waals surface area contributed by atoms with Gasteiger partial charge in [-0.3, -0.25) is 4.55 Å². The molecule has 1 fully saturated rings. The maximum absolute atomic E-state index is 14.2. The number of halogens is 4. The standard InChI is InChI=1S/C26H24F4O6S2/c1-17(26(29,30)38(31,32)33)36-21-6-10-23(11-7-21)37(24-15-19(27)14-20(28)16-24)22-8-4-18(5-9-22)25(2)34-12-3-13-35-25/h4-11,14-17H,3,12-13H2,1-2H3/p+1. The minimum absolute atomic E-state index is 0.0894. The van der Waals surface area contributed by atoms with Crippen LogP contribution in [0.3, 0.4) is 0 Å². The minimum atomic E-state index is -5.69. The van der Waals surface area contributed by atoms with Gasteiger partial charge in [-0.05, 0) is 68.8 Å². The Balaban J connectivity index is 1.67. The SMILES string of the molecule is CC(Oc1ccc([S+](c2ccc(C3(C)OCCCO3)cc2)c2cc(F)cc(F)c2)cc1)C(F)(F)S(=O)(=O)O. The van der Waals surface area contributed by atoms with Crippen LogP contribution in [0.1, 0.15) is 25.8 Å². The van der Waals surface area contributed by atoms with Gasteiger partial charge in [0.15, 0.2) is 26.6 Å². The summed E-state index contributed by atoms with van der Waals surface area (Å²) in [4.78, 5) is 1.63. The Kier molecular flexibility index (Phi) is 8.10. The zero-order valence-electron chi connectivity index (χ0n) is 20.4. The zero-order valence-corrected chi connectivity index (χ0v) is 22.0. The molecule has 1 N–H and O–H groups in total. The number of alkyl halides is 2. The average Bonchev–Trinajstić information content (AvgIpc) is 2.85. The summed E-state index contributed by atoms with van der Waals surface area (Å²) in [6.45, 7) is 3.72. The third-order valence-corrected chi connectivity index (χ3v) is 9.13. The van der Waals surface area contributed by atoms with Crippen molar-refractivity contribution in [2.75, 3.05) is 13.2 Å². The van der Waals surface area contributed by atoms with Crippen LogP contribution < -0.4 is 4.74 Å². The lowest BCUT2D eigenvalue weighted by Gasteiger charge is -2.34. The third kappa shape index (κ3) is 5.99. The van der Waals surface area contributed by atoms with Crippen molar-refractivity contribution in [3.63, 3.8) is 0 Å². The lowest BCUT2D eigenvalue weighted by molar-refractivity contribution is -0.264. The van der Waals surface area contributed by atoms with E-state index in [2.05, 4.69) is 0 Å². The molecule has 0 aromatic heterocycles. The van der Waals surface area contributed by atoms with Crippen molar-refractivity contribution < 1.29 is 44.7 Å². The summed E-state index contributed by atoms with van der Waals surface area (Å²) in [5.41, 5.74) is 0.771. The highest BCUT2D eigenvalue weighted by atomic mass is 32.2. The number of hydrogen-bond donors (Lipinski definition) is 1. The molecule has 204 valence electrons. The molecule has 0 bridgehead atoms. The van der Waals surface area contributed by atoms with Crippen molar-refractivity contribution in [1.29, 1.82) is 0 Å². The van der Waals surface area contributed by atoms with Crippen molar-refractivity contribution in [3.8, 4) is 5.75 Å². The molecule has 0 saturated carbocycles. The molecule has 2 unspecified atom stereocenters. The molecule has 1 heterocycles. The van der Waals surface area contributed by atoms with Gasteiger partial charge in [-0.15, -0.1) is 0 Å². The van der Waals surface area contributed by atoms with Crippen LogP contribution in [-0.4, -0.2) is 37.5 Å². The lowest BCUT2D eigenvalue weighted by atomic mass is 10.1. The highest BCUT2D eigenvalue weighted by Crippen LogP contribution is 2.36. The lowest BCUT2D eigenvalue weighted by Crippen LogP contribution is -2.42. The maximum atomic E-state index is 14.2. The van der Waals surface area contributed by atoms with Crippen molar-refractivity contribution in [1.82, 2.24) is 0 Å². The Morgan fingerprint density at radius 1 is 0.921 bits per heavy atom. The van der Waals surface area contributed by atoms with Crippen LogP contribution >= 0.6 is 0 Å². The second-order valence-electron chi connectivity index (χ2n) is 8.70. The first kappa shape index (κ1) is 28.4. The topological polar surface area (TPSA) is 82.1 Å². The van der Waals surface area contributed by atoms with Gasteiger partial charge in [0.2, 0.25) is 0 Å². The van der Waals surface area contributed by atoms with Gasteiger partial charge >= 0.3 is 15.4 Å². The second-order valence-corrected chi connectivity index (χ2v) is 12.2. The molecule has 1 saturated heterocycles. The largest absolute Gasteiger partial charge is 0.483 e. The van der Waals surface area contributed by atoms with E-state index in [9.17, 15) is 26.0 Å². The Labute approximate surface area is 220 Å². The van der Waals surface area contributed by atoms with E-state index in [4.69, 9.17) is 18.8 Å². The van der Waals surface area contributed by atoms with Gasteiger partial charge in [0, 0.05) is 23.8 Å². The Morgan fingerprint density at radius 3 is 1.92 bits per heavy atom. The van der Waals surface area contributed by atoms with E-state index in [-0.39, 0.29) is 5.75 Å². The van der Waals surface area contributed by atoms with E-state index >= 15 is 0 Å². The number of rotatable bonds is 8. The third-order valence-electron chi connectivity index (χ3n) is 5.92. The second kappa shape index (κ2) is 10.9. The summed E-state index contributed by atoms with van der Waals surface area (Å²) in [6, 6.07) is 16.1. The molecule has 3 aromatic carbocycles. The molecular weight excluding hydrogens is 548 g/mol. The molecule has 0 spiro atoms. The average molecular weight is 574 g/mol. The molecule has 1 aliphatic heterocycles. The van der Waals surface area contributed by atoms with Crippen molar-refractivity contribution in [2.45, 2.75) is 52.1 Å². The van der Waals surface area contributed by atoms with Gasteiger partial charge in [-0.1, -0.05) is 0 Å². The van der Waals surface area contributed by atoms with Crippen LogP contribution in [0.2, 0.25) is 0 Å². The first-order valence-electron chi connectivity index (χ1n) is 11.5. The summed E-state index contributed by atoms with van der Waals surface area (Å²) in [7, 11) is -6.70. The minimum Gasteiger partial charge on any atom is -0.483 e. The van der Waals surface area contributed by atoms with Crippen molar-refractivity contribution in [2.24, 2.45) is 0 Å². The molecule has 0 radical (unpaired) electrons. The van der Waals surface area contributed by atoms with Crippen molar-refractivity contribution >= 4 is 21.0 Å². The van der Waals surface area contributed by atoms with Gasteiger partial charge in [0.25, 0.3) is 0 Å². The predicted octanol–water partition coefficient (Wildman–Crippen LogP) is 5.92. The van der Waals surface area contributed by atoms with E-state index < -0.39 is 49.8 Å².